The Labute approximate surface area is 115 Å². The topological polar surface area (TPSA) is 35.2 Å². The Morgan fingerprint density at radius 1 is 1.16 bits per heavy atom. The van der Waals surface area contributed by atoms with E-state index in [0.717, 1.165) is 12.8 Å². The zero-order chi connectivity index (χ0) is 13.8. The second-order valence-electron chi connectivity index (χ2n) is 5.94. The monoisotopic (exact) mass is 265 g/mol. The molecular formula is C16H24FNO. The van der Waals surface area contributed by atoms with Gasteiger partial charge in [0.15, 0.2) is 0 Å². The van der Waals surface area contributed by atoms with Crippen molar-refractivity contribution in [1.29, 1.82) is 0 Å². The van der Waals surface area contributed by atoms with E-state index in [9.17, 15) is 4.39 Å². The Bertz CT molecular complexity index is 411. The molecule has 3 heteroatoms. The van der Waals surface area contributed by atoms with Gasteiger partial charge in [-0.05, 0) is 31.1 Å². The lowest BCUT2D eigenvalue weighted by Crippen LogP contribution is -2.26. The number of rotatable bonds is 4. The highest BCUT2D eigenvalue weighted by Gasteiger charge is 2.24. The Morgan fingerprint density at radius 3 is 2.42 bits per heavy atom. The van der Waals surface area contributed by atoms with Crippen LogP contribution in [0.1, 0.15) is 44.2 Å². The third kappa shape index (κ3) is 3.77. The number of nitrogens with two attached hydrogens (primary N) is 1. The molecule has 0 amide bonds. The van der Waals surface area contributed by atoms with Gasteiger partial charge in [0, 0.05) is 17.7 Å². The fraction of sp³-hybridized carbons (Fsp3) is 0.625. The molecule has 0 spiro atoms. The highest BCUT2D eigenvalue weighted by molar-refractivity contribution is 5.25. The molecule has 0 radical (unpaired) electrons. The van der Waals surface area contributed by atoms with Gasteiger partial charge in [0.1, 0.15) is 5.82 Å². The fourth-order valence-corrected chi connectivity index (χ4v) is 3.12. The van der Waals surface area contributed by atoms with Crippen molar-refractivity contribution in [3.8, 4) is 0 Å². The molecule has 19 heavy (non-hydrogen) atoms. The zero-order valence-corrected chi connectivity index (χ0v) is 11.9. The van der Waals surface area contributed by atoms with Crippen LogP contribution in [0, 0.1) is 17.7 Å². The van der Waals surface area contributed by atoms with Gasteiger partial charge in [-0.25, -0.2) is 4.39 Å². The molecule has 1 aliphatic rings. The van der Waals surface area contributed by atoms with Crippen molar-refractivity contribution >= 4 is 0 Å². The Hall–Kier alpha value is -0.930. The first-order valence-electron chi connectivity index (χ1n) is 7.18. The first-order valence-corrected chi connectivity index (χ1v) is 7.18. The predicted molar refractivity (Wildman–Crippen MR) is 75.0 cm³/mol. The minimum Gasteiger partial charge on any atom is -0.373 e. The van der Waals surface area contributed by atoms with Crippen molar-refractivity contribution in [2.45, 2.75) is 52.4 Å². The number of benzene rings is 1. The van der Waals surface area contributed by atoms with Crippen molar-refractivity contribution in [2.24, 2.45) is 17.6 Å². The summed E-state index contributed by atoms with van der Waals surface area (Å²) >= 11 is 0. The van der Waals surface area contributed by atoms with Crippen molar-refractivity contribution in [1.82, 2.24) is 0 Å². The first-order chi connectivity index (χ1) is 9.10. The van der Waals surface area contributed by atoms with Crippen LogP contribution in [0.3, 0.4) is 0 Å². The van der Waals surface area contributed by atoms with Crippen LogP contribution in [-0.2, 0) is 17.9 Å². The van der Waals surface area contributed by atoms with Crippen LogP contribution in [0.5, 0.6) is 0 Å². The summed E-state index contributed by atoms with van der Waals surface area (Å²) in [7, 11) is 0. The smallest absolute Gasteiger partial charge is 0.133 e. The van der Waals surface area contributed by atoms with Gasteiger partial charge in [-0.3, -0.25) is 0 Å². The molecule has 0 heterocycles. The van der Waals surface area contributed by atoms with E-state index in [1.165, 1.54) is 6.42 Å². The summed E-state index contributed by atoms with van der Waals surface area (Å²) < 4.78 is 19.9. The summed E-state index contributed by atoms with van der Waals surface area (Å²) in [6.45, 7) is 5.12. The lowest BCUT2D eigenvalue weighted by atomic mass is 9.82. The maximum absolute atomic E-state index is 14.0. The number of hydrogen-bond donors (Lipinski definition) is 1. The molecule has 0 aliphatic heterocycles. The van der Waals surface area contributed by atoms with E-state index in [1.807, 2.05) is 6.07 Å². The molecule has 1 fully saturated rings. The quantitative estimate of drug-likeness (QED) is 0.902. The summed E-state index contributed by atoms with van der Waals surface area (Å²) in [5, 5.41) is 0. The molecule has 2 atom stereocenters. The van der Waals surface area contributed by atoms with Gasteiger partial charge in [0.05, 0.1) is 12.7 Å². The number of hydrogen-bond acceptors (Lipinski definition) is 2. The van der Waals surface area contributed by atoms with Crippen LogP contribution in [0.25, 0.3) is 0 Å². The van der Waals surface area contributed by atoms with E-state index in [0.29, 0.717) is 29.6 Å². The molecular weight excluding hydrogens is 241 g/mol. The van der Waals surface area contributed by atoms with Gasteiger partial charge in [-0.15, -0.1) is 0 Å². The van der Waals surface area contributed by atoms with Crippen LogP contribution >= 0.6 is 0 Å². The highest BCUT2D eigenvalue weighted by Crippen LogP contribution is 2.31. The van der Waals surface area contributed by atoms with Gasteiger partial charge < -0.3 is 10.5 Å². The molecule has 0 bridgehead atoms. The second-order valence-corrected chi connectivity index (χ2v) is 5.94. The summed E-state index contributed by atoms with van der Waals surface area (Å²) in [5.41, 5.74) is 6.69. The fourth-order valence-electron chi connectivity index (χ4n) is 3.12. The average molecular weight is 265 g/mol. The molecule has 2 N–H and O–H groups in total. The molecule has 0 aromatic heterocycles. The number of ether oxygens (including phenoxy) is 1. The zero-order valence-electron chi connectivity index (χ0n) is 11.9. The van der Waals surface area contributed by atoms with Crippen LogP contribution in [0.4, 0.5) is 4.39 Å². The van der Waals surface area contributed by atoms with E-state index in [2.05, 4.69) is 13.8 Å². The number of halogens is 1. The summed E-state index contributed by atoms with van der Waals surface area (Å²) in [5.74, 6) is 1.20. The largest absolute Gasteiger partial charge is 0.373 e. The van der Waals surface area contributed by atoms with E-state index in [1.54, 1.807) is 12.1 Å². The molecule has 1 aromatic carbocycles. The predicted octanol–water partition coefficient (Wildman–Crippen LogP) is 3.63. The van der Waals surface area contributed by atoms with Crippen molar-refractivity contribution in [2.75, 3.05) is 0 Å². The standard InChI is InChI=1S/C16H24FNO/c1-11-6-12(2)8-15(7-11)19-10-14-5-3-4-13(9-18)16(14)17/h3-5,11-12,15H,6-10,18H2,1-2H3. The molecule has 1 saturated carbocycles. The lowest BCUT2D eigenvalue weighted by Gasteiger charge is -2.31. The summed E-state index contributed by atoms with van der Waals surface area (Å²) in [6, 6.07) is 5.35. The molecule has 2 unspecified atom stereocenters. The minimum atomic E-state index is -0.207. The van der Waals surface area contributed by atoms with Gasteiger partial charge in [-0.2, -0.15) is 0 Å². The van der Waals surface area contributed by atoms with Gasteiger partial charge in [0.25, 0.3) is 0 Å². The normalized spacial score (nSPS) is 27.5. The molecule has 1 aliphatic carbocycles. The minimum absolute atomic E-state index is 0.207. The van der Waals surface area contributed by atoms with E-state index >= 15 is 0 Å². The third-order valence-corrected chi connectivity index (χ3v) is 3.99. The van der Waals surface area contributed by atoms with E-state index in [4.69, 9.17) is 10.5 Å². The van der Waals surface area contributed by atoms with Gasteiger partial charge in [-0.1, -0.05) is 32.0 Å². The van der Waals surface area contributed by atoms with Crippen molar-refractivity contribution < 1.29 is 9.13 Å². The third-order valence-electron chi connectivity index (χ3n) is 3.99. The molecule has 2 nitrogen and oxygen atoms in total. The molecule has 106 valence electrons. The van der Waals surface area contributed by atoms with E-state index in [-0.39, 0.29) is 18.5 Å². The lowest BCUT2D eigenvalue weighted by molar-refractivity contribution is -0.0102. The van der Waals surface area contributed by atoms with Crippen molar-refractivity contribution in [3.05, 3.63) is 35.1 Å². The Kier molecular flexibility index (Phi) is 4.94. The van der Waals surface area contributed by atoms with Crippen molar-refractivity contribution in [3.63, 3.8) is 0 Å². The Balaban J connectivity index is 1.95. The SMILES string of the molecule is CC1CC(C)CC(OCc2cccc(CN)c2F)C1. The van der Waals surface area contributed by atoms with Crippen LogP contribution in [0.2, 0.25) is 0 Å². The molecule has 2 rings (SSSR count). The van der Waals surface area contributed by atoms with Gasteiger partial charge >= 0.3 is 0 Å². The molecule has 1 aromatic rings. The highest BCUT2D eigenvalue weighted by atomic mass is 19.1. The molecule has 0 saturated heterocycles. The Morgan fingerprint density at radius 2 is 1.79 bits per heavy atom. The maximum atomic E-state index is 14.0. The van der Waals surface area contributed by atoms with E-state index < -0.39 is 0 Å². The van der Waals surface area contributed by atoms with Crippen LogP contribution in [0.15, 0.2) is 18.2 Å². The first kappa shape index (κ1) is 14.5. The average Bonchev–Trinajstić information content (AvgIpc) is 2.36. The van der Waals surface area contributed by atoms with Crippen LogP contribution < -0.4 is 5.73 Å². The summed E-state index contributed by atoms with van der Waals surface area (Å²) in [4.78, 5) is 0. The second kappa shape index (κ2) is 6.49. The maximum Gasteiger partial charge on any atom is 0.133 e. The summed E-state index contributed by atoms with van der Waals surface area (Å²) in [6.07, 6.45) is 3.71. The van der Waals surface area contributed by atoms with Crippen LogP contribution in [-0.4, -0.2) is 6.10 Å². The van der Waals surface area contributed by atoms with Gasteiger partial charge in [0.2, 0.25) is 0 Å².